The number of aromatic nitrogens is 2. The molecule has 0 spiro atoms. The van der Waals surface area contributed by atoms with Gasteiger partial charge in [0.2, 0.25) is 0 Å². The molecule has 0 saturated carbocycles. The lowest BCUT2D eigenvalue weighted by atomic mass is 10.0. The second-order valence-corrected chi connectivity index (χ2v) is 6.82. The lowest BCUT2D eigenvalue weighted by molar-refractivity contribution is -0.114. The van der Waals surface area contributed by atoms with Crippen LogP contribution in [0.5, 0.6) is 17.4 Å². The van der Waals surface area contributed by atoms with Crippen LogP contribution in [0.1, 0.15) is 11.1 Å². The van der Waals surface area contributed by atoms with Crippen molar-refractivity contribution in [1.82, 2.24) is 15.1 Å². The van der Waals surface area contributed by atoms with Crippen molar-refractivity contribution >= 4 is 23.2 Å². The molecule has 32 heavy (non-hydrogen) atoms. The van der Waals surface area contributed by atoms with E-state index in [0.717, 1.165) is 0 Å². The van der Waals surface area contributed by atoms with Gasteiger partial charge in [0, 0.05) is 18.7 Å². The predicted molar refractivity (Wildman–Crippen MR) is 120 cm³/mol. The van der Waals surface area contributed by atoms with Gasteiger partial charge in [0.05, 0.1) is 26.1 Å². The van der Waals surface area contributed by atoms with Crippen molar-refractivity contribution in [3.05, 3.63) is 64.8 Å². The van der Waals surface area contributed by atoms with Crippen LogP contribution in [0.25, 0.3) is 5.69 Å². The van der Waals surface area contributed by atoms with Crippen LogP contribution >= 0.6 is 11.6 Å². The summed E-state index contributed by atoms with van der Waals surface area (Å²) >= 11 is 6.35. The van der Waals surface area contributed by atoms with Crippen molar-refractivity contribution in [2.75, 3.05) is 28.4 Å². The number of carbonyl (C=O) groups is 1. The van der Waals surface area contributed by atoms with Gasteiger partial charge in [-0.1, -0.05) is 41.0 Å². The number of ether oxygens (including phenoxy) is 3. The van der Waals surface area contributed by atoms with Crippen molar-refractivity contribution in [3.63, 3.8) is 0 Å². The summed E-state index contributed by atoms with van der Waals surface area (Å²) in [6, 6.07) is 12.6. The number of likely N-dealkylation sites (N-methyl/N-ethyl adjacent to an activating group) is 1. The maximum absolute atomic E-state index is 12.2. The number of methoxy groups -OCH3 is 2. The Morgan fingerprint density at radius 1 is 1.12 bits per heavy atom. The standard InChI is InChI=1S/C22H23ClN4O5/c1-24-21(28)20(26-31-4)16-8-6-5-7-14(16)13-32-22-17(23)12-27(25-22)15-9-10-18(29-2)19(11-15)30-3/h5-12H,13H2,1-4H3,(H,24,28). The van der Waals surface area contributed by atoms with Crippen LogP contribution in [0.15, 0.2) is 53.8 Å². The number of nitrogens with one attached hydrogen (secondary N) is 1. The highest BCUT2D eigenvalue weighted by Crippen LogP contribution is 2.31. The second kappa shape index (κ2) is 10.5. The van der Waals surface area contributed by atoms with Crippen LogP contribution in [0.2, 0.25) is 5.02 Å². The molecule has 3 aromatic rings. The summed E-state index contributed by atoms with van der Waals surface area (Å²) in [6.07, 6.45) is 1.63. The molecule has 0 aliphatic rings. The molecule has 0 fully saturated rings. The fourth-order valence-corrected chi connectivity index (χ4v) is 3.17. The number of halogens is 1. The molecule has 10 heteroatoms. The van der Waals surface area contributed by atoms with Crippen molar-refractivity contribution in [2.24, 2.45) is 5.16 Å². The predicted octanol–water partition coefficient (Wildman–Crippen LogP) is 3.22. The monoisotopic (exact) mass is 458 g/mol. The van der Waals surface area contributed by atoms with Gasteiger partial charge in [0.15, 0.2) is 17.2 Å². The van der Waals surface area contributed by atoms with Crippen molar-refractivity contribution in [3.8, 4) is 23.1 Å². The average molecular weight is 459 g/mol. The quantitative estimate of drug-likeness (QED) is 0.390. The molecule has 3 rings (SSSR count). The summed E-state index contributed by atoms with van der Waals surface area (Å²) in [5.74, 6) is 1.02. The molecule has 0 aliphatic heterocycles. The van der Waals surface area contributed by atoms with E-state index in [1.807, 2.05) is 18.2 Å². The molecule has 2 aromatic carbocycles. The number of amides is 1. The molecular formula is C22H23ClN4O5. The molecule has 1 amide bonds. The SMILES string of the molecule is CNC(=O)C(=NOC)c1ccccc1COc1nn(-c2ccc(OC)c(OC)c2)cc1Cl. The van der Waals surface area contributed by atoms with Gasteiger partial charge in [-0.3, -0.25) is 4.79 Å². The fraction of sp³-hybridized carbons (Fsp3) is 0.227. The Labute approximate surface area is 190 Å². The van der Waals surface area contributed by atoms with Crippen LogP contribution in [-0.2, 0) is 16.2 Å². The molecule has 1 N–H and O–H groups in total. The zero-order valence-electron chi connectivity index (χ0n) is 18.1. The molecule has 1 heterocycles. The lowest BCUT2D eigenvalue weighted by Crippen LogP contribution is -2.29. The Balaban J connectivity index is 1.85. The summed E-state index contributed by atoms with van der Waals surface area (Å²) in [5.41, 5.74) is 2.14. The minimum Gasteiger partial charge on any atom is -0.493 e. The average Bonchev–Trinajstić information content (AvgIpc) is 3.20. The zero-order chi connectivity index (χ0) is 23.1. The van der Waals surface area contributed by atoms with Gasteiger partial charge in [-0.15, -0.1) is 5.10 Å². The van der Waals surface area contributed by atoms with Crippen molar-refractivity contribution in [2.45, 2.75) is 6.61 Å². The fourth-order valence-electron chi connectivity index (χ4n) is 2.98. The van der Waals surface area contributed by atoms with Crippen LogP contribution in [-0.4, -0.2) is 49.8 Å². The molecule has 0 aliphatic carbocycles. The van der Waals surface area contributed by atoms with Crippen LogP contribution < -0.4 is 19.5 Å². The Kier molecular flexibility index (Phi) is 7.56. The number of benzene rings is 2. The third-order valence-electron chi connectivity index (χ3n) is 4.53. The van der Waals surface area contributed by atoms with E-state index < -0.39 is 0 Å². The number of oxime groups is 1. The first-order valence-electron chi connectivity index (χ1n) is 9.54. The van der Waals surface area contributed by atoms with E-state index in [1.54, 1.807) is 49.4 Å². The normalized spacial score (nSPS) is 11.1. The Hall–Kier alpha value is -3.72. The van der Waals surface area contributed by atoms with Crippen LogP contribution in [0.4, 0.5) is 0 Å². The van der Waals surface area contributed by atoms with E-state index in [9.17, 15) is 4.79 Å². The first kappa shape index (κ1) is 23.0. The summed E-state index contributed by atoms with van der Waals surface area (Å²) < 4.78 is 18.0. The Morgan fingerprint density at radius 3 is 2.56 bits per heavy atom. The first-order valence-corrected chi connectivity index (χ1v) is 9.92. The number of rotatable bonds is 9. The number of nitrogens with zero attached hydrogens (tertiary/aromatic N) is 3. The maximum Gasteiger partial charge on any atom is 0.273 e. The number of hydrogen-bond acceptors (Lipinski definition) is 7. The number of carbonyl (C=O) groups excluding carboxylic acids is 1. The highest BCUT2D eigenvalue weighted by Gasteiger charge is 2.18. The topological polar surface area (TPSA) is 96.2 Å². The molecule has 1 aromatic heterocycles. The maximum atomic E-state index is 12.2. The van der Waals surface area contributed by atoms with Crippen LogP contribution in [0.3, 0.4) is 0 Å². The molecule has 168 valence electrons. The highest BCUT2D eigenvalue weighted by atomic mass is 35.5. The minimum atomic E-state index is -0.380. The summed E-state index contributed by atoms with van der Waals surface area (Å²) in [4.78, 5) is 17.1. The third kappa shape index (κ3) is 4.94. The molecule has 9 nitrogen and oxygen atoms in total. The van der Waals surface area contributed by atoms with Crippen molar-refractivity contribution in [1.29, 1.82) is 0 Å². The van der Waals surface area contributed by atoms with E-state index in [-0.39, 0.29) is 24.1 Å². The first-order chi connectivity index (χ1) is 15.5. The highest BCUT2D eigenvalue weighted by molar-refractivity contribution is 6.45. The Bertz CT molecular complexity index is 1130. The number of hydrogen-bond donors (Lipinski definition) is 1. The van der Waals surface area contributed by atoms with E-state index in [4.69, 9.17) is 30.6 Å². The molecular weight excluding hydrogens is 436 g/mol. The van der Waals surface area contributed by atoms with E-state index in [1.165, 1.54) is 14.2 Å². The lowest BCUT2D eigenvalue weighted by Gasteiger charge is -2.11. The minimum absolute atomic E-state index is 0.110. The second-order valence-electron chi connectivity index (χ2n) is 6.41. The molecule has 0 bridgehead atoms. The van der Waals surface area contributed by atoms with Gasteiger partial charge in [-0.2, -0.15) is 0 Å². The summed E-state index contributed by atoms with van der Waals surface area (Å²) in [6.45, 7) is 0.110. The van der Waals surface area contributed by atoms with E-state index >= 15 is 0 Å². The van der Waals surface area contributed by atoms with Gasteiger partial charge in [-0.25, -0.2) is 4.68 Å². The third-order valence-corrected chi connectivity index (χ3v) is 4.79. The molecule has 0 atom stereocenters. The zero-order valence-corrected chi connectivity index (χ0v) is 18.8. The van der Waals surface area contributed by atoms with Gasteiger partial charge in [-0.05, 0) is 17.7 Å². The van der Waals surface area contributed by atoms with Crippen LogP contribution in [0, 0.1) is 0 Å². The van der Waals surface area contributed by atoms with Crippen molar-refractivity contribution < 1.29 is 23.8 Å². The summed E-state index contributed by atoms with van der Waals surface area (Å²) in [5, 5.41) is 11.2. The Morgan fingerprint density at radius 2 is 1.88 bits per heavy atom. The van der Waals surface area contributed by atoms with E-state index in [0.29, 0.717) is 33.3 Å². The smallest absolute Gasteiger partial charge is 0.273 e. The van der Waals surface area contributed by atoms with Gasteiger partial charge in [0.1, 0.15) is 18.7 Å². The van der Waals surface area contributed by atoms with Gasteiger partial charge >= 0.3 is 0 Å². The largest absolute Gasteiger partial charge is 0.493 e. The van der Waals surface area contributed by atoms with Gasteiger partial charge in [0.25, 0.3) is 11.8 Å². The molecule has 0 unspecified atom stereocenters. The van der Waals surface area contributed by atoms with Gasteiger partial charge < -0.3 is 24.4 Å². The molecule has 0 radical (unpaired) electrons. The molecule has 0 saturated heterocycles. The van der Waals surface area contributed by atoms with E-state index in [2.05, 4.69) is 15.6 Å². The summed E-state index contributed by atoms with van der Waals surface area (Å²) in [7, 11) is 6.03.